The van der Waals surface area contributed by atoms with Crippen LogP contribution in [0, 0.1) is 0 Å². The summed E-state index contributed by atoms with van der Waals surface area (Å²) in [5, 5.41) is 2.79. The zero-order chi connectivity index (χ0) is 15.9. The van der Waals surface area contributed by atoms with Crippen LogP contribution in [0.4, 0.5) is 0 Å². The number of methoxy groups -OCH3 is 1. The molecule has 1 aromatic carbocycles. The SMILES string of the molecule is COc1ccccc1OC(C)CNC(=O)c1coc(CN)c1.Cl. The van der Waals surface area contributed by atoms with E-state index in [-0.39, 0.29) is 31.0 Å². The molecular formula is C16H21ClN2O4. The van der Waals surface area contributed by atoms with Crippen molar-refractivity contribution in [2.75, 3.05) is 13.7 Å². The fourth-order valence-electron chi connectivity index (χ4n) is 1.92. The van der Waals surface area contributed by atoms with E-state index >= 15 is 0 Å². The van der Waals surface area contributed by atoms with Gasteiger partial charge in [-0.2, -0.15) is 0 Å². The molecule has 23 heavy (non-hydrogen) atoms. The molecular weight excluding hydrogens is 320 g/mol. The summed E-state index contributed by atoms with van der Waals surface area (Å²) < 4.78 is 16.1. The van der Waals surface area contributed by atoms with E-state index in [4.69, 9.17) is 19.6 Å². The third-order valence-electron chi connectivity index (χ3n) is 3.06. The second-order valence-corrected chi connectivity index (χ2v) is 4.80. The molecule has 6 nitrogen and oxygen atoms in total. The Morgan fingerprint density at radius 3 is 2.65 bits per heavy atom. The summed E-state index contributed by atoms with van der Waals surface area (Å²) in [5.41, 5.74) is 5.89. The molecule has 126 valence electrons. The maximum absolute atomic E-state index is 12.0. The number of nitrogens with one attached hydrogen (secondary N) is 1. The lowest BCUT2D eigenvalue weighted by atomic mass is 10.2. The van der Waals surface area contributed by atoms with E-state index in [2.05, 4.69) is 5.32 Å². The summed E-state index contributed by atoms with van der Waals surface area (Å²) in [6.07, 6.45) is 1.18. The fourth-order valence-corrected chi connectivity index (χ4v) is 1.92. The Labute approximate surface area is 141 Å². The normalized spacial score (nSPS) is 11.3. The fraction of sp³-hybridized carbons (Fsp3) is 0.312. The quantitative estimate of drug-likeness (QED) is 0.808. The Morgan fingerprint density at radius 1 is 1.35 bits per heavy atom. The predicted octanol–water partition coefficient (Wildman–Crippen LogP) is 2.37. The van der Waals surface area contributed by atoms with Gasteiger partial charge in [0.15, 0.2) is 11.5 Å². The van der Waals surface area contributed by atoms with Crippen LogP contribution >= 0.6 is 12.4 Å². The number of halogens is 1. The summed E-state index contributed by atoms with van der Waals surface area (Å²) in [7, 11) is 1.59. The van der Waals surface area contributed by atoms with Crippen molar-refractivity contribution in [1.82, 2.24) is 5.32 Å². The Balaban J connectivity index is 0.00000264. The number of benzene rings is 1. The van der Waals surface area contributed by atoms with Crippen LogP contribution in [0.15, 0.2) is 41.0 Å². The van der Waals surface area contributed by atoms with E-state index < -0.39 is 0 Å². The number of para-hydroxylation sites is 2. The summed E-state index contributed by atoms with van der Waals surface area (Å²) in [6.45, 7) is 2.49. The van der Waals surface area contributed by atoms with Crippen molar-refractivity contribution in [2.24, 2.45) is 5.73 Å². The second kappa shape index (κ2) is 9.07. The van der Waals surface area contributed by atoms with Crippen molar-refractivity contribution >= 4 is 18.3 Å². The van der Waals surface area contributed by atoms with E-state index in [1.54, 1.807) is 13.2 Å². The monoisotopic (exact) mass is 340 g/mol. The highest BCUT2D eigenvalue weighted by Crippen LogP contribution is 2.26. The molecule has 0 radical (unpaired) electrons. The van der Waals surface area contributed by atoms with Gasteiger partial charge in [-0.3, -0.25) is 4.79 Å². The van der Waals surface area contributed by atoms with E-state index in [9.17, 15) is 4.79 Å². The Hall–Kier alpha value is -2.18. The lowest BCUT2D eigenvalue weighted by molar-refractivity contribution is 0.0931. The van der Waals surface area contributed by atoms with Gasteiger partial charge in [0.1, 0.15) is 18.1 Å². The molecule has 0 bridgehead atoms. The van der Waals surface area contributed by atoms with Gasteiger partial charge in [0.2, 0.25) is 0 Å². The van der Waals surface area contributed by atoms with Gasteiger partial charge in [0, 0.05) is 0 Å². The van der Waals surface area contributed by atoms with Crippen LogP contribution in [-0.4, -0.2) is 25.7 Å². The predicted molar refractivity (Wildman–Crippen MR) is 89.3 cm³/mol. The maximum atomic E-state index is 12.0. The molecule has 2 aromatic rings. The number of carbonyl (C=O) groups is 1. The third kappa shape index (κ3) is 5.19. The van der Waals surface area contributed by atoms with Crippen LogP contribution in [0.3, 0.4) is 0 Å². The van der Waals surface area contributed by atoms with E-state index in [1.165, 1.54) is 6.26 Å². The number of hydrogen-bond donors (Lipinski definition) is 2. The average molecular weight is 341 g/mol. The van der Waals surface area contributed by atoms with Gasteiger partial charge >= 0.3 is 0 Å². The number of furan rings is 1. The minimum atomic E-state index is -0.223. The first-order valence-corrected chi connectivity index (χ1v) is 6.99. The highest BCUT2D eigenvalue weighted by molar-refractivity contribution is 5.93. The average Bonchev–Trinajstić information content (AvgIpc) is 3.02. The molecule has 1 unspecified atom stereocenters. The molecule has 0 spiro atoms. The van der Waals surface area contributed by atoms with Crippen molar-refractivity contribution in [2.45, 2.75) is 19.6 Å². The first-order chi connectivity index (χ1) is 10.6. The molecule has 1 amide bonds. The zero-order valence-electron chi connectivity index (χ0n) is 13.1. The standard InChI is InChI=1S/C16H20N2O4.ClH/c1-11(22-15-6-4-3-5-14(15)20-2)9-18-16(19)12-7-13(8-17)21-10-12;/h3-7,10-11H,8-9,17H2,1-2H3,(H,18,19);1H. The smallest absolute Gasteiger partial charge is 0.254 e. The van der Waals surface area contributed by atoms with E-state index in [0.29, 0.717) is 29.4 Å². The summed E-state index contributed by atoms with van der Waals surface area (Å²) in [5.74, 6) is 1.64. The minimum absolute atomic E-state index is 0. The Bertz CT molecular complexity index is 630. The van der Waals surface area contributed by atoms with Gasteiger partial charge < -0.3 is 24.9 Å². The largest absolute Gasteiger partial charge is 0.493 e. The van der Waals surface area contributed by atoms with Crippen LogP contribution in [0.1, 0.15) is 23.0 Å². The summed E-state index contributed by atoms with van der Waals surface area (Å²) in [4.78, 5) is 12.0. The molecule has 2 rings (SSSR count). The minimum Gasteiger partial charge on any atom is -0.493 e. The highest BCUT2D eigenvalue weighted by Gasteiger charge is 2.13. The lowest BCUT2D eigenvalue weighted by Crippen LogP contribution is -2.33. The Morgan fingerprint density at radius 2 is 2.04 bits per heavy atom. The number of rotatable bonds is 7. The van der Waals surface area contributed by atoms with E-state index in [1.807, 2.05) is 31.2 Å². The Kier molecular flexibility index (Phi) is 7.44. The van der Waals surface area contributed by atoms with Crippen LogP contribution in [0.2, 0.25) is 0 Å². The van der Waals surface area contributed by atoms with Gasteiger partial charge in [0.25, 0.3) is 5.91 Å². The number of carbonyl (C=O) groups excluding carboxylic acids is 1. The van der Waals surface area contributed by atoms with E-state index in [0.717, 1.165) is 0 Å². The zero-order valence-corrected chi connectivity index (χ0v) is 13.9. The molecule has 3 N–H and O–H groups in total. The number of amides is 1. The topological polar surface area (TPSA) is 86.7 Å². The van der Waals surface area contributed by atoms with Crippen molar-refractivity contribution in [3.05, 3.63) is 47.9 Å². The third-order valence-corrected chi connectivity index (χ3v) is 3.06. The molecule has 7 heteroatoms. The van der Waals surface area contributed by atoms with Crippen LogP contribution in [-0.2, 0) is 6.54 Å². The van der Waals surface area contributed by atoms with Crippen LogP contribution < -0.4 is 20.5 Å². The van der Waals surface area contributed by atoms with Gasteiger partial charge in [0.05, 0.1) is 25.8 Å². The molecule has 1 heterocycles. The molecule has 0 fully saturated rings. The van der Waals surface area contributed by atoms with Crippen LogP contribution in [0.25, 0.3) is 0 Å². The van der Waals surface area contributed by atoms with Gasteiger partial charge in [-0.15, -0.1) is 12.4 Å². The van der Waals surface area contributed by atoms with Crippen molar-refractivity contribution in [3.8, 4) is 11.5 Å². The molecule has 1 aromatic heterocycles. The number of ether oxygens (including phenoxy) is 2. The van der Waals surface area contributed by atoms with Crippen molar-refractivity contribution in [1.29, 1.82) is 0 Å². The maximum Gasteiger partial charge on any atom is 0.254 e. The molecule has 1 atom stereocenters. The van der Waals surface area contributed by atoms with Crippen LogP contribution in [0.5, 0.6) is 11.5 Å². The van der Waals surface area contributed by atoms with Crippen molar-refractivity contribution in [3.63, 3.8) is 0 Å². The van der Waals surface area contributed by atoms with Gasteiger partial charge in [-0.25, -0.2) is 0 Å². The number of hydrogen-bond acceptors (Lipinski definition) is 5. The van der Waals surface area contributed by atoms with Crippen molar-refractivity contribution < 1.29 is 18.7 Å². The first-order valence-electron chi connectivity index (χ1n) is 6.99. The molecule has 0 aliphatic heterocycles. The number of nitrogens with two attached hydrogens (primary N) is 1. The molecule has 0 aliphatic carbocycles. The molecule has 0 saturated carbocycles. The first kappa shape index (κ1) is 18.9. The summed E-state index contributed by atoms with van der Waals surface area (Å²) >= 11 is 0. The summed E-state index contributed by atoms with van der Waals surface area (Å²) in [6, 6.07) is 9.00. The lowest BCUT2D eigenvalue weighted by Gasteiger charge is -2.17. The second-order valence-electron chi connectivity index (χ2n) is 4.80. The highest BCUT2D eigenvalue weighted by atomic mass is 35.5. The molecule has 0 aliphatic rings. The van der Waals surface area contributed by atoms with Gasteiger partial charge in [-0.05, 0) is 25.1 Å². The molecule has 0 saturated heterocycles. The van der Waals surface area contributed by atoms with Gasteiger partial charge in [-0.1, -0.05) is 12.1 Å².